The highest BCUT2D eigenvalue weighted by Crippen LogP contribution is 2.40. The van der Waals surface area contributed by atoms with Crippen molar-refractivity contribution in [3.63, 3.8) is 0 Å². The van der Waals surface area contributed by atoms with E-state index in [-0.39, 0.29) is 5.56 Å². The maximum absolute atomic E-state index is 13.5. The molecule has 2 aromatic carbocycles. The predicted octanol–water partition coefficient (Wildman–Crippen LogP) is 6.57. The second kappa shape index (κ2) is 10.7. The number of aromatic nitrogens is 2. The van der Waals surface area contributed by atoms with Crippen molar-refractivity contribution in [2.24, 2.45) is 0 Å². The normalized spacial score (nSPS) is 12.7. The maximum Gasteiger partial charge on any atom is 0.263 e. The van der Waals surface area contributed by atoms with E-state index in [0.29, 0.717) is 11.9 Å². The van der Waals surface area contributed by atoms with Crippen molar-refractivity contribution in [1.29, 1.82) is 0 Å². The molecule has 0 aliphatic carbocycles. The van der Waals surface area contributed by atoms with Gasteiger partial charge < -0.3 is 0 Å². The van der Waals surface area contributed by atoms with Gasteiger partial charge in [-0.1, -0.05) is 49.2 Å². The molecular weight excluding hydrogens is 490 g/mol. The predicted molar refractivity (Wildman–Crippen MR) is 151 cm³/mol. The van der Waals surface area contributed by atoms with Gasteiger partial charge in [0.05, 0.1) is 17.4 Å². The van der Waals surface area contributed by atoms with Crippen LogP contribution in [0.2, 0.25) is 0 Å². The summed E-state index contributed by atoms with van der Waals surface area (Å²) in [6.45, 7) is 10.3. The number of rotatable bonds is 8. The molecule has 0 radical (unpaired) electrons. The third-order valence-electron chi connectivity index (χ3n) is 6.14. The first-order chi connectivity index (χ1) is 17.1. The monoisotopic (exact) mass is 523 g/mol. The van der Waals surface area contributed by atoms with E-state index in [2.05, 4.69) is 6.92 Å². The van der Waals surface area contributed by atoms with E-state index in [0.717, 1.165) is 57.9 Å². The van der Waals surface area contributed by atoms with Gasteiger partial charge in [0, 0.05) is 17.5 Å². The lowest BCUT2D eigenvalue weighted by molar-refractivity contribution is 0.516. The van der Waals surface area contributed by atoms with Crippen molar-refractivity contribution < 1.29 is 8.76 Å². The Bertz CT molecular complexity index is 1450. The van der Waals surface area contributed by atoms with Crippen LogP contribution < -0.4 is 9.86 Å². The van der Waals surface area contributed by atoms with E-state index in [9.17, 15) is 13.6 Å². The third kappa shape index (κ3) is 5.45. The highest BCUT2D eigenvalue weighted by Gasteiger charge is 2.29. The number of hydrogen-bond acceptors (Lipinski definition) is 4. The Morgan fingerprint density at radius 1 is 1.11 bits per heavy atom. The first-order valence-corrected chi connectivity index (χ1v) is 14.1. The summed E-state index contributed by atoms with van der Waals surface area (Å²) in [6, 6.07) is 15.9. The summed E-state index contributed by atoms with van der Waals surface area (Å²) in [6.07, 6.45) is 2.76. The van der Waals surface area contributed by atoms with Crippen LogP contribution in [0, 0.1) is 6.92 Å². The molecule has 0 bridgehead atoms. The van der Waals surface area contributed by atoms with Gasteiger partial charge in [-0.25, -0.2) is 9.19 Å². The van der Waals surface area contributed by atoms with E-state index in [4.69, 9.17) is 4.98 Å². The molecule has 1 N–H and O–H groups in total. The molecule has 36 heavy (non-hydrogen) atoms. The molecule has 1 unspecified atom stereocenters. The average Bonchev–Trinajstić information content (AvgIpc) is 3.28. The first kappa shape index (κ1) is 26.3. The van der Waals surface area contributed by atoms with Crippen LogP contribution in [-0.2, 0) is 24.2 Å². The van der Waals surface area contributed by atoms with Crippen molar-refractivity contribution >= 4 is 38.5 Å². The van der Waals surface area contributed by atoms with Gasteiger partial charge in [0.1, 0.15) is 10.8 Å². The summed E-state index contributed by atoms with van der Waals surface area (Å²) in [7, 11) is 0. The van der Waals surface area contributed by atoms with Gasteiger partial charge in [-0.2, -0.15) is 0 Å². The van der Waals surface area contributed by atoms with Gasteiger partial charge in [0.15, 0.2) is 0 Å². The van der Waals surface area contributed by atoms with E-state index < -0.39 is 16.8 Å². The summed E-state index contributed by atoms with van der Waals surface area (Å²) in [5.41, 5.74) is 4.13. The standard InChI is InChI=1S/C28H33N3O3S2/c1-6-7-8-25-29-24-14-9-19(2)17-23(24)26(32)30(25)18-20-10-12-21(13-11-20)22-15-16-35-27(22)31(36(33)34)28(3,4)5/h9-17H,6-8,18H2,1-5H3,(H,33,34). The van der Waals surface area contributed by atoms with Gasteiger partial charge in [-0.05, 0) is 68.8 Å². The highest BCUT2D eigenvalue weighted by atomic mass is 32.2. The largest absolute Gasteiger partial charge is 0.292 e. The third-order valence-corrected chi connectivity index (χ3v) is 8.20. The van der Waals surface area contributed by atoms with E-state index in [1.807, 2.05) is 81.6 Å². The molecule has 1 atom stereocenters. The van der Waals surface area contributed by atoms with E-state index >= 15 is 0 Å². The maximum atomic E-state index is 13.5. The van der Waals surface area contributed by atoms with Gasteiger partial charge in [-0.15, -0.1) is 11.3 Å². The van der Waals surface area contributed by atoms with Crippen LogP contribution in [0.1, 0.15) is 57.5 Å². The molecular formula is C28H33N3O3S2. The fourth-order valence-corrected chi connectivity index (χ4v) is 6.37. The minimum Gasteiger partial charge on any atom is -0.292 e. The summed E-state index contributed by atoms with van der Waals surface area (Å²) in [4.78, 5) is 18.3. The fraction of sp³-hybridized carbons (Fsp3) is 0.357. The van der Waals surface area contributed by atoms with E-state index in [1.54, 1.807) is 4.57 Å². The van der Waals surface area contributed by atoms with Crippen LogP contribution in [0.5, 0.6) is 0 Å². The van der Waals surface area contributed by atoms with E-state index in [1.165, 1.54) is 15.6 Å². The molecule has 0 spiro atoms. The fourth-order valence-electron chi connectivity index (χ4n) is 4.33. The number of unbranched alkanes of at least 4 members (excludes halogenated alkanes) is 1. The smallest absolute Gasteiger partial charge is 0.263 e. The topological polar surface area (TPSA) is 75.4 Å². The molecule has 190 valence electrons. The van der Waals surface area contributed by atoms with Crippen LogP contribution in [-0.4, -0.2) is 23.9 Å². The number of hydrogen-bond donors (Lipinski definition) is 1. The van der Waals surface area contributed by atoms with Crippen molar-refractivity contribution in [2.75, 3.05) is 4.31 Å². The zero-order chi connectivity index (χ0) is 26.0. The highest BCUT2D eigenvalue weighted by molar-refractivity contribution is 7.81. The number of aryl methyl sites for hydroxylation is 2. The van der Waals surface area contributed by atoms with Gasteiger partial charge in [0.25, 0.3) is 16.8 Å². The Hall–Kier alpha value is -2.81. The van der Waals surface area contributed by atoms with Crippen molar-refractivity contribution in [1.82, 2.24) is 9.55 Å². The number of thiophene rings is 1. The van der Waals surface area contributed by atoms with Crippen molar-refractivity contribution in [3.05, 3.63) is 81.2 Å². The minimum atomic E-state index is -2.14. The van der Waals surface area contributed by atoms with Gasteiger partial charge >= 0.3 is 0 Å². The Morgan fingerprint density at radius 3 is 2.47 bits per heavy atom. The second-order valence-electron chi connectivity index (χ2n) is 10.1. The molecule has 0 fully saturated rings. The zero-order valence-electron chi connectivity index (χ0n) is 21.4. The summed E-state index contributed by atoms with van der Waals surface area (Å²) in [5, 5.41) is 3.34. The summed E-state index contributed by atoms with van der Waals surface area (Å²) < 4.78 is 25.5. The Balaban J connectivity index is 1.70. The lowest BCUT2D eigenvalue weighted by Gasteiger charge is -2.33. The summed E-state index contributed by atoms with van der Waals surface area (Å²) >= 11 is -0.693. The molecule has 0 amide bonds. The van der Waals surface area contributed by atoms with Gasteiger partial charge in [0.2, 0.25) is 0 Å². The van der Waals surface area contributed by atoms with Crippen LogP contribution in [0.25, 0.3) is 22.0 Å². The van der Waals surface area contributed by atoms with Gasteiger partial charge in [-0.3, -0.25) is 18.2 Å². The molecule has 0 aliphatic heterocycles. The molecule has 4 aromatic rings. The molecule has 0 aliphatic rings. The number of nitrogens with zero attached hydrogens (tertiary/aromatic N) is 3. The lowest BCUT2D eigenvalue weighted by atomic mass is 10.0. The quantitative estimate of drug-likeness (QED) is 0.265. The lowest BCUT2D eigenvalue weighted by Crippen LogP contribution is -2.42. The second-order valence-corrected chi connectivity index (χ2v) is 11.8. The molecule has 6 nitrogen and oxygen atoms in total. The molecule has 0 saturated heterocycles. The molecule has 4 rings (SSSR count). The molecule has 2 heterocycles. The zero-order valence-corrected chi connectivity index (χ0v) is 23.1. The Kier molecular flexibility index (Phi) is 7.78. The van der Waals surface area contributed by atoms with Crippen LogP contribution in [0.4, 0.5) is 5.00 Å². The van der Waals surface area contributed by atoms with Crippen LogP contribution in [0.3, 0.4) is 0 Å². The number of anilines is 1. The van der Waals surface area contributed by atoms with Crippen LogP contribution >= 0.6 is 11.3 Å². The first-order valence-electron chi connectivity index (χ1n) is 12.2. The Morgan fingerprint density at radius 2 is 1.83 bits per heavy atom. The number of benzene rings is 2. The molecule has 8 heteroatoms. The van der Waals surface area contributed by atoms with Crippen molar-refractivity contribution in [2.45, 2.75) is 66.0 Å². The number of fused-ring (bicyclic) bond motifs is 1. The Labute approximate surface area is 219 Å². The molecule has 0 saturated carbocycles. The average molecular weight is 524 g/mol. The van der Waals surface area contributed by atoms with Crippen molar-refractivity contribution in [3.8, 4) is 11.1 Å². The summed E-state index contributed by atoms with van der Waals surface area (Å²) in [5.74, 6) is 0.814. The molecule has 2 aromatic heterocycles. The SMILES string of the molecule is CCCCc1nc2ccc(C)cc2c(=O)n1Cc1ccc(-c2ccsc2N(S(=O)O)C(C)(C)C)cc1. The minimum absolute atomic E-state index is 0.00903. The van der Waals surface area contributed by atoms with Crippen LogP contribution in [0.15, 0.2) is 58.7 Å².